The van der Waals surface area contributed by atoms with Crippen molar-refractivity contribution < 1.29 is 0 Å². The molecule has 23 heavy (non-hydrogen) atoms. The number of nitrogens with zero attached hydrogens (tertiary/aromatic N) is 3. The molecule has 2 heterocycles. The molecule has 1 aromatic heterocycles. The highest BCUT2D eigenvalue weighted by molar-refractivity contribution is 14.0. The molecule has 0 aliphatic carbocycles. The number of hydrogen-bond acceptors (Lipinski definition) is 3. The second-order valence-electron chi connectivity index (χ2n) is 5.57. The Morgan fingerprint density at radius 1 is 1.22 bits per heavy atom. The molecule has 2 N–H and O–H groups in total. The highest BCUT2D eigenvalue weighted by Crippen LogP contribution is 2.07. The number of aliphatic imine (C=N–C) groups is 1. The second kappa shape index (κ2) is 11.9. The Labute approximate surface area is 161 Å². The molecule has 130 valence electrons. The monoisotopic (exact) mass is 451 g/mol. The normalized spacial score (nSPS) is 15.8. The number of hydrogen-bond donors (Lipinski definition) is 2. The molecule has 1 fully saturated rings. The minimum atomic E-state index is 0. The van der Waals surface area contributed by atoms with Crippen molar-refractivity contribution in [2.75, 3.05) is 39.8 Å². The zero-order chi connectivity index (χ0) is 15.6. The van der Waals surface area contributed by atoms with Gasteiger partial charge >= 0.3 is 0 Å². The predicted molar refractivity (Wildman–Crippen MR) is 108 cm³/mol. The lowest BCUT2D eigenvalue weighted by Crippen LogP contribution is -2.43. The average molecular weight is 452 g/mol. The number of aromatic nitrogens is 1. The van der Waals surface area contributed by atoms with Crippen molar-refractivity contribution in [3.8, 4) is 0 Å². The fraction of sp³-hybridized carbons (Fsp3) is 0.625. The summed E-state index contributed by atoms with van der Waals surface area (Å²) in [7, 11) is 1.81. The lowest BCUT2D eigenvalue weighted by atomic mass is 10.1. The van der Waals surface area contributed by atoms with Crippen LogP contribution in [0.4, 0.5) is 0 Å². The lowest BCUT2D eigenvalue weighted by Gasteiger charge is -2.26. The van der Waals surface area contributed by atoms with Crippen molar-refractivity contribution in [2.45, 2.75) is 25.7 Å². The number of rotatable bonds is 6. The molecule has 7 heteroatoms. The van der Waals surface area contributed by atoms with Crippen LogP contribution in [-0.4, -0.2) is 55.6 Å². The third-order valence-corrected chi connectivity index (χ3v) is 4.11. The Hall–Kier alpha value is -0.600. The molecular formula is C16H27ClIN5. The smallest absolute Gasteiger partial charge is 0.191 e. The molecule has 1 aliphatic rings. The van der Waals surface area contributed by atoms with Crippen molar-refractivity contribution >= 4 is 41.5 Å². The topological polar surface area (TPSA) is 52.6 Å². The average Bonchev–Trinajstić information content (AvgIpc) is 2.56. The van der Waals surface area contributed by atoms with Gasteiger partial charge in [-0.1, -0.05) is 24.1 Å². The maximum absolute atomic E-state index is 5.78. The van der Waals surface area contributed by atoms with Crippen LogP contribution in [0.15, 0.2) is 23.3 Å². The second-order valence-corrected chi connectivity index (χ2v) is 5.95. The zero-order valence-corrected chi connectivity index (χ0v) is 16.8. The van der Waals surface area contributed by atoms with Gasteiger partial charge < -0.3 is 15.5 Å². The summed E-state index contributed by atoms with van der Waals surface area (Å²) in [4.78, 5) is 10.9. The van der Waals surface area contributed by atoms with E-state index in [9.17, 15) is 0 Å². The SMILES string of the molecule is CN=C(NCCc1ccc(Cl)nc1)NCCN1CCCCC1.I. The summed E-state index contributed by atoms with van der Waals surface area (Å²) in [5, 5.41) is 7.24. The van der Waals surface area contributed by atoms with Gasteiger partial charge in [0, 0.05) is 32.9 Å². The van der Waals surface area contributed by atoms with Crippen LogP contribution in [0.5, 0.6) is 0 Å². The summed E-state index contributed by atoms with van der Waals surface area (Å²) >= 11 is 5.78. The predicted octanol–water partition coefficient (Wildman–Crippen LogP) is 2.55. The zero-order valence-electron chi connectivity index (χ0n) is 13.7. The largest absolute Gasteiger partial charge is 0.356 e. The van der Waals surface area contributed by atoms with E-state index in [1.165, 1.54) is 37.9 Å². The Morgan fingerprint density at radius 2 is 1.96 bits per heavy atom. The molecule has 0 unspecified atom stereocenters. The van der Waals surface area contributed by atoms with Crippen molar-refractivity contribution in [1.29, 1.82) is 0 Å². The van der Waals surface area contributed by atoms with Crippen LogP contribution in [0.2, 0.25) is 5.15 Å². The van der Waals surface area contributed by atoms with Crippen LogP contribution in [0, 0.1) is 0 Å². The van der Waals surface area contributed by atoms with E-state index in [0.717, 1.165) is 32.0 Å². The minimum absolute atomic E-state index is 0. The molecule has 0 atom stereocenters. The first kappa shape index (κ1) is 20.4. The van der Waals surface area contributed by atoms with Gasteiger partial charge in [-0.25, -0.2) is 4.98 Å². The Kier molecular flexibility index (Phi) is 10.5. The molecular weight excluding hydrogens is 425 g/mol. The lowest BCUT2D eigenvalue weighted by molar-refractivity contribution is 0.232. The fourth-order valence-electron chi connectivity index (χ4n) is 2.62. The van der Waals surface area contributed by atoms with E-state index >= 15 is 0 Å². The van der Waals surface area contributed by atoms with Crippen molar-refractivity contribution in [3.63, 3.8) is 0 Å². The van der Waals surface area contributed by atoms with Gasteiger partial charge in [0.25, 0.3) is 0 Å². The number of likely N-dealkylation sites (tertiary alicyclic amines) is 1. The molecule has 0 saturated carbocycles. The molecule has 0 radical (unpaired) electrons. The van der Waals surface area contributed by atoms with Gasteiger partial charge in [0.05, 0.1) is 0 Å². The summed E-state index contributed by atoms with van der Waals surface area (Å²) < 4.78 is 0. The van der Waals surface area contributed by atoms with Gasteiger partial charge in [0.15, 0.2) is 5.96 Å². The summed E-state index contributed by atoms with van der Waals surface area (Å²) in [6.07, 6.45) is 6.77. The van der Waals surface area contributed by atoms with Crippen molar-refractivity contribution in [3.05, 3.63) is 29.0 Å². The number of guanidine groups is 1. The molecule has 0 spiro atoms. The van der Waals surface area contributed by atoms with Gasteiger partial charge in [-0.2, -0.15) is 0 Å². The highest BCUT2D eigenvalue weighted by atomic mass is 127. The van der Waals surface area contributed by atoms with Gasteiger partial charge in [-0.3, -0.25) is 4.99 Å². The molecule has 5 nitrogen and oxygen atoms in total. The minimum Gasteiger partial charge on any atom is -0.356 e. The molecule has 1 aromatic rings. The third-order valence-electron chi connectivity index (χ3n) is 3.89. The first-order valence-electron chi connectivity index (χ1n) is 8.05. The summed E-state index contributed by atoms with van der Waals surface area (Å²) in [6, 6.07) is 3.83. The summed E-state index contributed by atoms with van der Waals surface area (Å²) in [5.74, 6) is 0.860. The third kappa shape index (κ3) is 8.17. The van der Waals surface area contributed by atoms with Crippen molar-refractivity contribution in [2.24, 2.45) is 4.99 Å². The van der Waals surface area contributed by atoms with E-state index in [0.29, 0.717) is 5.15 Å². The van der Waals surface area contributed by atoms with E-state index in [1.54, 1.807) is 7.05 Å². The molecule has 0 aromatic carbocycles. The molecule has 1 saturated heterocycles. The molecule has 2 rings (SSSR count). The van der Waals surface area contributed by atoms with Gasteiger partial charge in [0.2, 0.25) is 0 Å². The quantitative estimate of drug-likeness (QED) is 0.302. The highest BCUT2D eigenvalue weighted by Gasteiger charge is 2.09. The fourth-order valence-corrected chi connectivity index (χ4v) is 2.73. The van der Waals surface area contributed by atoms with Crippen LogP contribution in [0.25, 0.3) is 0 Å². The number of piperidine rings is 1. The Balaban J connectivity index is 0.00000264. The standard InChI is InChI=1S/C16H26ClN5.HI/c1-18-16(20-9-12-22-10-3-2-4-11-22)19-8-7-14-5-6-15(17)21-13-14;/h5-6,13H,2-4,7-12H2,1H3,(H2,18,19,20);1H. The molecule has 0 amide bonds. The van der Waals surface area contributed by atoms with Crippen LogP contribution in [0.3, 0.4) is 0 Å². The number of nitrogens with one attached hydrogen (secondary N) is 2. The Morgan fingerprint density at radius 3 is 2.61 bits per heavy atom. The maximum atomic E-state index is 5.78. The summed E-state index contributed by atoms with van der Waals surface area (Å²) in [6.45, 7) is 5.31. The van der Waals surface area contributed by atoms with E-state index in [-0.39, 0.29) is 24.0 Å². The molecule has 0 bridgehead atoms. The maximum Gasteiger partial charge on any atom is 0.191 e. The number of halogens is 2. The number of pyridine rings is 1. The van der Waals surface area contributed by atoms with E-state index in [1.807, 2.05) is 18.3 Å². The van der Waals surface area contributed by atoms with Crippen LogP contribution in [-0.2, 0) is 6.42 Å². The van der Waals surface area contributed by atoms with Gasteiger partial charge in [-0.15, -0.1) is 24.0 Å². The summed E-state index contributed by atoms with van der Waals surface area (Å²) in [5.41, 5.74) is 1.17. The first-order valence-corrected chi connectivity index (χ1v) is 8.43. The first-order chi connectivity index (χ1) is 10.8. The van der Waals surface area contributed by atoms with Crippen LogP contribution >= 0.6 is 35.6 Å². The van der Waals surface area contributed by atoms with Gasteiger partial charge in [-0.05, 0) is 44.0 Å². The van der Waals surface area contributed by atoms with Crippen LogP contribution < -0.4 is 10.6 Å². The van der Waals surface area contributed by atoms with E-state index in [4.69, 9.17) is 11.6 Å². The van der Waals surface area contributed by atoms with E-state index in [2.05, 4.69) is 25.5 Å². The van der Waals surface area contributed by atoms with Gasteiger partial charge in [0.1, 0.15) is 5.15 Å². The van der Waals surface area contributed by atoms with Crippen LogP contribution in [0.1, 0.15) is 24.8 Å². The van der Waals surface area contributed by atoms with E-state index < -0.39 is 0 Å². The Bertz CT molecular complexity index is 460. The van der Waals surface area contributed by atoms with Crippen molar-refractivity contribution in [1.82, 2.24) is 20.5 Å². The molecule has 1 aliphatic heterocycles.